The van der Waals surface area contributed by atoms with Gasteiger partial charge in [0.15, 0.2) is 0 Å². The number of likely N-dealkylation sites (tertiary alicyclic amines) is 1. The molecule has 0 saturated carbocycles. The van der Waals surface area contributed by atoms with E-state index in [0.717, 1.165) is 53.0 Å². The number of likely N-dealkylation sites (N-methyl/N-ethyl adjacent to an activating group) is 1. The van der Waals surface area contributed by atoms with Gasteiger partial charge in [-0.2, -0.15) is 5.10 Å². The number of carbonyl (C=O) groups is 2. The lowest BCUT2D eigenvalue weighted by Crippen LogP contribution is -2.53. The van der Waals surface area contributed by atoms with E-state index in [4.69, 9.17) is 4.98 Å². The molecular weight excluding hydrogens is 392 g/mol. The van der Waals surface area contributed by atoms with E-state index in [1.165, 1.54) is 0 Å². The molecule has 5 rings (SSSR count). The zero-order valence-electron chi connectivity index (χ0n) is 17.8. The van der Waals surface area contributed by atoms with Crippen LogP contribution in [0.4, 0.5) is 4.79 Å². The Morgan fingerprint density at radius 1 is 1.23 bits per heavy atom. The van der Waals surface area contributed by atoms with Gasteiger partial charge in [0, 0.05) is 51.4 Å². The molecule has 1 aliphatic carbocycles. The Morgan fingerprint density at radius 2 is 2.03 bits per heavy atom. The van der Waals surface area contributed by atoms with Crippen molar-refractivity contribution in [3.05, 3.63) is 53.5 Å². The standard InChI is InChI=1S/C23H26N6O2/c1-15(30)28-10-8-19(9-11-28)29-22-17(14-27(2)23(29)31)5-3-4-16-6-7-20(26-21(16)22)18-12-24-25-13-18/h3,5-7,12-13,19H,4,8-11,14H2,1-2H3,(H,24,25). The number of carbonyl (C=O) groups excluding carboxylic acids is 2. The normalized spacial score (nSPS) is 19.4. The fourth-order valence-electron chi connectivity index (χ4n) is 4.75. The number of allylic oxidation sites excluding steroid dienone is 1. The Kier molecular flexibility index (Phi) is 4.84. The van der Waals surface area contributed by atoms with Crippen LogP contribution in [0.1, 0.15) is 31.0 Å². The number of aromatic amines is 1. The van der Waals surface area contributed by atoms with Crippen LogP contribution in [0.25, 0.3) is 17.0 Å². The number of rotatable bonds is 2. The maximum atomic E-state index is 13.4. The first kappa shape index (κ1) is 19.5. The summed E-state index contributed by atoms with van der Waals surface area (Å²) in [6.45, 7) is 3.50. The summed E-state index contributed by atoms with van der Waals surface area (Å²) in [5.74, 6) is 0.0922. The Bertz CT molecular complexity index is 1080. The van der Waals surface area contributed by atoms with Crippen LogP contribution in [0.5, 0.6) is 0 Å². The first-order valence-corrected chi connectivity index (χ1v) is 10.7. The molecule has 3 aliphatic rings. The third-order valence-corrected chi connectivity index (χ3v) is 6.41. The van der Waals surface area contributed by atoms with Crippen molar-refractivity contribution >= 4 is 17.6 Å². The van der Waals surface area contributed by atoms with E-state index in [1.807, 2.05) is 29.1 Å². The summed E-state index contributed by atoms with van der Waals surface area (Å²) in [5, 5.41) is 6.90. The number of urea groups is 1. The molecule has 0 unspecified atom stereocenters. The summed E-state index contributed by atoms with van der Waals surface area (Å²) in [4.78, 5) is 35.8. The zero-order valence-corrected chi connectivity index (χ0v) is 17.8. The fraction of sp³-hybridized carbons (Fsp3) is 0.391. The minimum absolute atomic E-state index is 0.00297. The van der Waals surface area contributed by atoms with Crippen LogP contribution < -0.4 is 0 Å². The van der Waals surface area contributed by atoms with Crippen LogP contribution in [0, 0.1) is 0 Å². The number of pyridine rings is 1. The topological polar surface area (TPSA) is 85.4 Å². The quantitative estimate of drug-likeness (QED) is 0.813. The monoisotopic (exact) mass is 418 g/mol. The van der Waals surface area contributed by atoms with Gasteiger partial charge >= 0.3 is 6.03 Å². The molecule has 4 heterocycles. The molecule has 0 aromatic carbocycles. The fourth-order valence-corrected chi connectivity index (χ4v) is 4.75. The van der Waals surface area contributed by atoms with Crippen molar-refractivity contribution < 1.29 is 9.59 Å². The number of amides is 3. The average Bonchev–Trinajstić information content (AvgIpc) is 3.25. The van der Waals surface area contributed by atoms with Crippen LogP contribution in [-0.2, 0) is 11.2 Å². The van der Waals surface area contributed by atoms with E-state index in [-0.39, 0.29) is 18.0 Å². The van der Waals surface area contributed by atoms with E-state index >= 15 is 0 Å². The summed E-state index contributed by atoms with van der Waals surface area (Å²) < 4.78 is 0. The molecule has 2 aromatic heterocycles. The van der Waals surface area contributed by atoms with Gasteiger partial charge < -0.3 is 9.80 Å². The number of H-pyrrole nitrogens is 1. The molecule has 2 aromatic rings. The predicted molar refractivity (Wildman–Crippen MR) is 117 cm³/mol. The lowest BCUT2D eigenvalue weighted by atomic mass is 9.97. The van der Waals surface area contributed by atoms with Gasteiger partial charge in [-0.1, -0.05) is 18.2 Å². The molecular formula is C23H26N6O2. The van der Waals surface area contributed by atoms with E-state index in [1.54, 1.807) is 18.0 Å². The number of hydrogen-bond acceptors (Lipinski definition) is 4. The van der Waals surface area contributed by atoms with Gasteiger partial charge in [-0.3, -0.25) is 14.8 Å². The second kappa shape index (κ2) is 7.68. The minimum atomic E-state index is -0.00297. The molecule has 3 amide bonds. The van der Waals surface area contributed by atoms with Crippen LogP contribution >= 0.6 is 0 Å². The van der Waals surface area contributed by atoms with Crippen molar-refractivity contribution in [1.29, 1.82) is 0 Å². The molecule has 0 bridgehead atoms. The number of nitrogens with one attached hydrogen (secondary N) is 1. The lowest BCUT2D eigenvalue weighted by molar-refractivity contribution is -0.130. The Labute approximate surface area is 181 Å². The van der Waals surface area contributed by atoms with Crippen LogP contribution in [0.3, 0.4) is 0 Å². The van der Waals surface area contributed by atoms with Crippen LogP contribution in [0.15, 0.2) is 42.3 Å². The summed E-state index contributed by atoms with van der Waals surface area (Å²) >= 11 is 0. The molecule has 31 heavy (non-hydrogen) atoms. The van der Waals surface area contributed by atoms with Gasteiger partial charge in [-0.15, -0.1) is 0 Å². The van der Waals surface area contributed by atoms with Crippen molar-refractivity contribution in [1.82, 2.24) is 29.9 Å². The Balaban J connectivity index is 1.59. The largest absolute Gasteiger partial charge is 0.343 e. The lowest BCUT2D eigenvalue weighted by Gasteiger charge is -2.44. The van der Waals surface area contributed by atoms with Gasteiger partial charge in [-0.25, -0.2) is 9.78 Å². The first-order valence-electron chi connectivity index (χ1n) is 10.7. The van der Waals surface area contributed by atoms with Crippen molar-refractivity contribution in [2.45, 2.75) is 32.2 Å². The van der Waals surface area contributed by atoms with E-state index in [9.17, 15) is 9.59 Å². The molecule has 1 N–H and O–H groups in total. The molecule has 8 heteroatoms. The third-order valence-electron chi connectivity index (χ3n) is 6.41. The molecule has 0 radical (unpaired) electrons. The first-order chi connectivity index (χ1) is 15.0. The number of piperidine rings is 1. The van der Waals surface area contributed by atoms with Crippen molar-refractivity contribution in [2.24, 2.45) is 0 Å². The van der Waals surface area contributed by atoms with E-state index in [2.05, 4.69) is 28.4 Å². The number of fused-ring (bicyclic) bond motifs is 2. The molecule has 1 saturated heterocycles. The van der Waals surface area contributed by atoms with Crippen molar-refractivity contribution in [2.75, 3.05) is 26.7 Å². The molecule has 0 atom stereocenters. The maximum absolute atomic E-state index is 13.4. The number of aromatic nitrogens is 3. The molecule has 2 aliphatic heterocycles. The highest BCUT2D eigenvalue weighted by atomic mass is 16.2. The molecule has 0 spiro atoms. The van der Waals surface area contributed by atoms with Gasteiger partial charge in [0.25, 0.3) is 0 Å². The van der Waals surface area contributed by atoms with Crippen molar-refractivity contribution in [3.8, 4) is 11.3 Å². The van der Waals surface area contributed by atoms with Gasteiger partial charge in [0.1, 0.15) is 0 Å². The molecule has 1 fully saturated rings. The van der Waals surface area contributed by atoms with Gasteiger partial charge in [-0.05, 0) is 36.5 Å². The SMILES string of the molecule is CC(=O)N1CCC(N2C(=O)N(C)CC3=C2c2nc(-c4cn[nH]c4)ccc2CC=C3)CC1. The predicted octanol–water partition coefficient (Wildman–Crippen LogP) is 2.67. The Morgan fingerprint density at radius 3 is 2.74 bits per heavy atom. The molecule has 8 nitrogen and oxygen atoms in total. The number of nitrogens with zero attached hydrogens (tertiary/aromatic N) is 5. The van der Waals surface area contributed by atoms with Crippen LogP contribution in [-0.4, -0.2) is 74.5 Å². The van der Waals surface area contributed by atoms with Gasteiger partial charge in [0.2, 0.25) is 5.91 Å². The smallest absolute Gasteiger partial charge is 0.324 e. The highest BCUT2D eigenvalue weighted by Crippen LogP contribution is 2.37. The molecule has 160 valence electrons. The summed E-state index contributed by atoms with van der Waals surface area (Å²) in [6.07, 6.45) is 10.2. The Hall–Kier alpha value is -3.42. The second-order valence-corrected chi connectivity index (χ2v) is 8.42. The highest BCUT2D eigenvalue weighted by molar-refractivity contribution is 5.91. The van der Waals surface area contributed by atoms with Crippen LogP contribution in [0.2, 0.25) is 0 Å². The van der Waals surface area contributed by atoms with E-state index < -0.39 is 0 Å². The maximum Gasteiger partial charge on any atom is 0.324 e. The zero-order chi connectivity index (χ0) is 21.5. The highest BCUT2D eigenvalue weighted by Gasteiger charge is 2.39. The third kappa shape index (κ3) is 3.41. The second-order valence-electron chi connectivity index (χ2n) is 8.42. The number of hydrogen-bond donors (Lipinski definition) is 1. The summed E-state index contributed by atoms with van der Waals surface area (Å²) in [7, 11) is 1.85. The van der Waals surface area contributed by atoms with E-state index in [0.29, 0.717) is 19.6 Å². The summed E-state index contributed by atoms with van der Waals surface area (Å²) in [5.41, 5.74) is 5.75. The summed E-state index contributed by atoms with van der Waals surface area (Å²) in [6, 6.07) is 4.14. The van der Waals surface area contributed by atoms with Gasteiger partial charge in [0.05, 0.1) is 23.3 Å². The average molecular weight is 419 g/mol. The van der Waals surface area contributed by atoms with Crippen molar-refractivity contribution in [3.63, 3.8) is 0 Å². The minimum Gasteiger partial charge on any atom is -0.343 e.